The molecule has 0 aromatic heterocycles. The van der Waals surface area contributed by atoms with Crippen LogP contribution in [0.25, 0.3) is 0 Å². The van der Waals surface area contributed by atoms with Crippen molar-refractivity contribution in [2.75, 3.05) is 27.2 Å². The summed E-state index contributed by atoms with van der Waals surface area (Å²) in [7, 11) is 4.13. The van der Waals surface area contributed by atoms with Crippen molar-refractivity contribution in [2.45, 2.75) is 50.6 Å². The van der Waals surface area contributed by atoms with Gasteiger partial charge in [0, 0.05) is 25.2 Å². The summed E-state index contributed by atoms with van der Waals surface area (Å²) < 4.78 is 0. The van der Waals surface area contributed by atoms with E-state index in [4.69, 9.17) is 23.2 Å². The molecule has 1 unspecified atom stereocenters. The number of carbonyl (C=O) groups is 3. The fourth-order valence-corrected chi connectivity index (χ4v) is 4.70. The number of rotatable bonds is 7. The Balaban J connectivity index is 1.46. The Morgan fingerprint density at radius 2 is 1.83 bits per heavy atom. The van der Waals surface area contributed by atoms with Gasteiger partial charge in [0.1, 0.15) is 5.92 Å². The molecule has 164 valence electrons. The number of nitrogens with zero attached hydrogens (tertiary/aromatic N) is 2. The Bertz CT molecular complexity index is 807. The van der Waals surface area contributed by atoms with Crippen LogP contribution in [0.1, 0.15) is 37.7 Å². The second-order valence-corrected chi connectivity index (χ2v) is 9.26. The summed E-state index contributed by atoms with van der Waals surface area (Å²) in [6.07, 6.45) is 5.19. The highest BCUT2D eigenvalue weighted by Crippen LogP contribution is 2.29. The van der Waals surface area contributed by atoms with Gasteiger partial charge in [-0.15, -0.1) is 0 Å². The lowest BCUT2D eigenvalue weighted by Gasteiger charge is -2.36. The van der Waals surface area contributed by atoms with Gasteiger partial charge in [0.25, 0.3) is 5.91 Å². The minimum atomic E-state index is -0.894. The van der Waals surface area contributed by atoms with Crippen molar-refractivity contribution in [1.82, 2.24) is 15.1 Å². The zero-order valence-corrected chi connectivity index (χ0v) is 19.0. The van der Waals surface area contributed by atoms with E-state index in [1.807, 2.05) is 12.1 Å². The number of halogens is 2. The second kappa shape index (κ2) is 10.1. The third-order valence-corrected chi connectivity index (χ3v) is 6.99. The van der Waals surface area contributed by atoms with E-state index in [0.29, 0.717) is 29.1 Å². The van der Waals surface area contributed by atoms with E-state index < -0.39 is 17.6 Å². The van der Waals surface area contributed by atoms with Crippen LogP contribution in [-0.4, -0.2) is 66.7 Å². The third kappa shape index (κ3) is 5.34. The first-order valence-corrected chi connectivity index (χ1v) is 11.3. The molecule has 0 spiro atoms. The van der Waals surface area contributed by atoms with Gasteiger partial charge in [-0.05, 0) is 70.3 Å². The number of carbonyl (C=O) groups excluding carboxylic acids is 3. The normalized spacial score (nSPS) is 24.6. The predicted octanol–water partition coefficient (Wildman–Crippen LogP) is 2.94. The summed E-state index contributed by atoms with van der Waals surface area (Å²) >= 11 is 11.9. The predicted molar refractivity (Wildman–Crippen MR) is 118 cm³/mol. The summed E-state index contributed by atoms with van der Waals surface area (Å²) in [4.78, 5) is 41.2. The first kappa shape index (κ1) is 23.0. The number of Topliss-reactive ketones (excluding diaryl/α,β-unsaturated/α-hetero) is 1. The Labute approximate surface area is 187 Å². The second-order valence-electron chi connectivity index (χ2n) is 8.44. The summed E-state index contributed by atoms with van der Waals surface area (Å²) in [6.45, 7) is 0.637. The van der Waals surface area contributed by atoms with Crippen molar-refractivity contribution in [3.63, 3.8) is 0 Å². The molecule has 1 aromatic carbocycles. The maximum Gasteiger partial charge on any atom is 0.291 e. The molecule has 1 aliphatic heterocycles. The molecular formula is C22H29Cl2N3O3. The number of aryl methyl sites for hydroxylation is 1. The van der Waals surface area contributed by atoms with Crippen LogP contribution in [0.5, 0.6) is 0 Å². The van der Waals surface area contributed by atoms with Gasteiger partial charge >= 0.3 is 0 Å². The molecule has 30 heavy (non-hydrogen) atoms. The molecule has 1 N–H and O–H groups in total. The van der Waals surface area contributed by atoms with Crippen molar-refractivity contribution >= 4 is 40.8 Å². The van der Waals surface area contributed by atoms with Crippen LogP contribution in [0, 0.1) is 5.92 Å². The molecule has 2 fully saturated rings. The molecule has 1 atom stereocenters. The summed E-state index contributed by atoms with van der Waals surface area (Å²) in [6, 6.07) is 6.04. The van der Waals surface area contributed by atoms with Gasteiger partial charge < -0.3 is 15.1 Å². The first-order valence-electron chi connectivity index (χ1n) is 10.5. The lowest BCUT2D eigenvalue weighted by Crippen LogP contribution is -2.43. The van der Waals surface area contributed by atoms with Crippen LogP contribution in [0.2, 0.25) is 10.0 Å². The van der Waals surface area contributed by atoms with Crippen LogP contribution < -0.4 is 5.32 Å². The fraction of sp³-hybridized carbons (Fsp3) is 0.591. The van der Waals surface area contributed by atoms with E-state index in [1.54, 1.807) is 11.0 Å². The number of nitrogens with one attached hydrogen (secondary N) is 1. The van der Waals surface area contributed by atoms with E-state index in [-0.39, 0.29) is 18.5 Å². The van der Waals surface area contributed by atoms with Gasteiger partial charge in [-0.2, -0.15) is 0 Å². The van der Waals surface area contributed by atoms with Crippen LogP contribution in [0.15, 0.2) is 18.2 Å². The molecule has 1 aliphatic carbocycles. The smallest absolute Gasteiger partial charge is 0.291 e. The van der Waals surface area contributed by atoms with E-state index in [0.717, 1.165) is 37.7 Å². The molecule has 6 nitrogen and oxygen atoms in total. The van der Waals surface area contributed by atoms with Crippen LogP contribution in [-0.2, 0) is 20.8 Å². The number of hydrogen-bond donors (Lipinski definition) is 1. The van der Waals surface area contributed by atoms with E-state index >= 15 is 0 Å². The van der Waals surface area contributed by atoms with Crippen molar-refractivity contribution in [2.24, 2.45) is 5.92 Å². The highest BCUT2D eigenvalue weighted by molar-refractivity contribution is 6.42. The van der Waals surface area contributed by atoms with Gasteiger partial charge in [0.2, 0.25) is 11.7 Å². The van der Waals surface area contributed by atoms with E-state index in [9.17, 15) is 14.4 Å². The number of likely N-dealkylation sites (tertiary alicyclic amines) is 1. The van der Waals surface area contributed by atoms with Gasteiger partial charge in [-0.1, -0.05) is 29.3 Å². The van der Waals surface area contributed by atoms with Gasteiger partial charge in [-0.25, -0.2) is 0 Å². The van der Waals surface area contributed by atoms with E-state index in [2.05, 4.69) is 24.3 Å². The Kier molecular flexibility index (Phi) is 7.77. The molecule has 1 saturated carbocycles. The van der Waals surface area contributed by atoms with Gasteiger partial charge in [0.05, 0.1) is 10.0 Å². The number of amides is 2. The van der Waals surface area contributed by atoms with Crippen LogP contribution in [0.4, 0.5) is 0 Å². The third-order valence-electron chi connectivity index (χ3n) is 6.25. The molecule has 1 heterocycles. The summed E-state index contributed by atoms with van der Waals surface area (Å²) in [5.74, 6) is -2.33. The van der Waals surface area contributed by atoms with Crippen molar-refractivity contribution in [3.05, 3.63) is 33.8 Å². The molecule has 1 aromatic rings. The Hall–Kier alpha value is -1.63. The highest BCUT2D eigenvalue weighted by atomic mass is 35.5. The van der Waals surface area contributed by atoms with Crippen LogP contribution >= 0.6 is 23.2 Å². The monoisotopic (exact) mass is 453 g/mol. The van der Waals surface area contributed by atoms with Crippen LogP contribution in [0.3, 0.4) is 0 Å². The Morgan fingerprint density at radius 1 is 1.13 bits per heavy atom. The standard InChI is InChI=1S/C22H29Cl2N3O3/c1-26(2)15-6-8-16(9-7-15)27-13-17(20(28)22(27)30)21(29)25-11-3-4-14-5-10-18(23)19(24)12-14/h5,10,12,15-17H,3-4,6-9,11,13H2,1-2H3,(H,25,29). The minimum absolute atomic E-state index is 0.0603. The van der Waals surface area contributed by atoms with Crippen molar-refractivity contribution < 1.29 is 14.4 Å². The molecule has 2 aliphatic rings. The maximum absolute atomic E-state index is 12.5. The molecule has 3 rings (SSSR count). The first-order chi connectivity index (χ1) is 14.3. The average molecular weight is 454 g/mol. The zero-order chi connectivity index (χ0) is 21.8. The summed E-state index contributed by atoms with van der Waals surface area (Å²) in [5, 5.41) is 3.83. The maximum atomic E-state index is 12.5. The van der Waals surface area contributed by atoms with Crippen molar-refractivity contribution in [1.29, 1.82) is 0 Å². The highest BCUT2D eigenvalue weighted by Gasteiger charge is 2.46. The molecule has 0 bridgehead atoms. The number of ketones is 1. The Morgan fingerprint density at radius 3 is 2.47 bits per heavy atom. The molecule has 8 heteroatoms. The molecular weight excluding hydrogens is 425 g/mol. The quantitative estimate of drug-likeness (QED) is 0.391. The topological polar surface area (TPSA) is 69.7 Å². The van der Waals surface area contributed by atoms with Gasteiger partial charge in [-0.3, -0.25) is 14.4 Å². The number of benzene rings is 1. The lowest BCUT2D eigenvalue weighted by atomic mass is 9.89. The van der Waals surface area contributed by atoms with Crippen molar-refractivity contribution in [3.8, 4) is 0 Å². The molecule has 0 radical (unpaired) electrons. The van der Waals surface area contributed by atoms with E-state index in [1.165, 1.54) is 0 Å². The zero-order valence-electron chi connectivity index (χ0n) is 17.5. The lowest BCUT2D eigenvalue weighted by molar-refractivity contribution is -0.143. The minimum Gasteiger partial charge on any atom is -0.355 e. The molecule has 1 saturated heterocycles. The van der Waals surface area contributed by atoms with Gasteiger partial charge in [0.15, 0.2) is 0 Å². The number of hydrogen-bond acceptors (Lipinski definition) is 4. The molecule has 2 amide bonds. The average Bonchev–Trinajstić information content (AvgIpc) is 3.03. The SMILES string of the molecule is CN(C)C1CCC(N2CC(C(=O)NCCCc3ccc(Cl)c(Cl)c3)C(=O)C2=O)CC1. The summed E-state index contributed by atoms with van der Waals surface area (Å²) in [5.41, 5.74) is 1.03. The fourth-order valence-electron chi connectivity index (χ4n) is 4.38. The largest absolute Gasteiger partial charge is 0.355 e.